The number of carbonyl (C=O) groups is 1. The normalized spacial score (nSPS) is 21.3. The van der Waals surface area contributed by atoms with E-state index in [1.807, 2.05) is 0 Å². The zero-order chi connectivity index (χ0) is 13.9. The average Bonchev–Trinajstić information content (AvgIpc) is 2.23. The van der Waals surface area contributed by atoms with Gasteiger partial charge in [-0.1, -0.05) is 0 Å². The summed E-state index contributed by atoms with van der Waals surface area (Å²) >= 11 is 0. The van der Waals surface area contributed by atoms with Gasteiger partial charge in [0.15, 0.2) is 0 Å². The van der Waals surface area contributed by atoms with Crippen LogP contribution < -0.4 is 5.73 Å². The van der Waals surface area contributed by atoms with E-state index in [9.17, 15) is 23.4 Å². The maximum atomic E-state index is 10.4. The van der Waals surface area contributed by atoms with E-state index in [4.69, 9.17) is 20.5 Å². The van der Waals surface area contributed by atoms with Crippen molar-refractivity contribution in [2.75, 3.05) is 6.61 Å². The lowest BCUT2D eigenvalue weighted by Crippen LogP contribution is -2.63. The van der Waals surface area contributed by atoms with Crippen LogP contribution in [0, 0.1) is 0 Å². The van der Waals surface area contributed by atoms with Crippen molar-refractivity contribution in [3.05, 3.63) is 0 Å². The standard InChI is InChI=1S/C6H13NO9S/c7-4(2-9)6(12,16-17(13,14)15)5(11)3(10)1-8/h2-5,8,10-12H,1,7H2,(H,13,14,15)/t3?,4-,5+,6-/m0/s1. The number of hydrogen-bond acceptors (Lipinski definition) is 9. The molecule has 4 atom stereocenters. The second-order valence-electron chi connectivity index (χ2n) is 3.12. The predicted molar refractivity (Wildman–Crippen MR) is 50.7 cm³/mol. The average molecular weight is 275 g/mol. The Balaban J connectivity index is 5.31. The Labute approximate surface area is 96.2 Å². The third kappa shape index (κ3) is 4.25. The molecule has 0 aliphatic heterocycles. The van der Waals surface area contributed by atoms with Gasteiger partial charge in [0, 0.05) is 0 Å². The molecule has 0 saturated heterocycles. The van der Waals surface area contributed by atoms with Crippen LogP contribution in [-0.4, -0.2) is 70.3 Å². The van der Waals surface area contributed by atoms with E-state index in [-0.39, 0.29) is 6.29 Å². The largest absolute Gasteiger partial charge is 0.400 e. The Bertz CT molecular complexity index is 356. The van der Waals surface area contributed by atoms with E-state index < -0.39 is 41.0 Å². The highest BCUT2D eigenvalue weighted by atomic mass is 32.3. The lowest BCUT2D eigenvalue weighted by Gasteiger charge is -2.34. The van der Waals surface area contributed by atoms with Gasteiger partial charge < -0.3 is 31.0 Å². The van der Waals surface area contributed by atoms with Crippen LogP contribution in [-0.2, 0) is 19.4 Å². The zero-order valence-electron chi connectivity index (χ0n) is 8.37. The fourth-order valence-corrected chi connectivity index (χ4v) is 1.49. The van der Waals surface area contributed by atoms with Crippen LogP contribution in [0.2, 0.25) is 0 Å². The molecule has 10 nitrogen and oxygen atoms in total. The SMILES string of the molecule is N[C@@H](C=O)[C@](O)(OS(=O)(=O)O)[C@H](O)C(O)CO. The first kappa shape index (κ1) is 16.3. The second kappa shape index (κ2) is 5.79. The van der Waals surface area contributed by atoms with E-state index in [0.717, 1.165) is 0 Å². The van der Waals surface area contributed by atoms with Crippen LogP contribution in [0.1, 0.15) is 0 Å². The highest BCUT2D eigenvalue weighted by molar-refractivity contribution is 7.80. The molecule has 0 spiro atoms. The maximum absolute atomic E-state index is 10.4. The van der Waals surface area contributed by atoms with Crippen LogP contribution in [0.15, 0.2) is 0 Å². The minimum absolute atomic E-state index is 0.182. The molecule has 0 bridgehead atoms. The Morgan fingerprint density at radius 2 is 1.88 bits per heavy atom. The summed E-state index contributed by atoms with van der Waals surface area (Å²) < 4.78 is 32.9. The molecule has 0 rings (SSSR count). The van der Waals surface area contributed by atoms with Gasteiger partial charge in [0.05, 0.1) is 6.61 Å². The maximum Gasteiger partial charge on any atom is 0.400 e. The zero-order valence-corrected chi connectivity index (χ0v) is 9.19. The number of nitrogens with two attached hydrogens (primary N) is 1. The van der Waals surface area contributed by atoms with Gasteiger partial charge in [-0.3, -0.25) is 4.55 Å². The Hall–Kier alpha value is -0.660. The number of rotatable bonds is 7. The lowest BCUT2D eigenvalue weighted by atomic mass is 9.98. The third-order valence-electron chi connectivity index (χ3n) is 1.84. The fraction of sp³-hybridized carbons (Fsp3) is 0.833. The van der Waals surface area contributed by atoms with Gasteiger partial charge in [0.25, 0.3) is 0 Å². The van der Waals surface area contributed by atoms with Crippen LogP contribution in [0.3, 0.4) is 0 Å². The van der Waals surface area contributed by atoms with Crippen molar-refractivity contribution >= 4 is 16.7 Å². The summed E-state index contributed by atoms with van der Waals surface area (Å²) in [5.41, 5.74) is 4.98. The first-order valence-corrected chi connectivity index (χ1v) is 5.53. The van der Waals surface area contributed by atoms with Crippen LogP contribution in [0.25, 0.3) is 0 Å². The second-order valence-corrected chi connectivity index (χ2v) is 4.14. The van der Waals surface area contributed by atoms with E-state index in [0.29, 0.717) is 0 Å². The van der Waals surface area contributed by atoms with Gasteiger partial charge in [-0.2, -0.15) is 8.42 Å². The summed E-state index contributed by atoms with van der Waals surface area (Å²) in [6.45, 7) is -1.08. The lowest BCUT2D eigenvalue weighted by molar-refractivity contribution is -0.240. The summed E-state index contributed by atoms with van der Waals surface area (Å²) in [5, 5.41) is 36.4. The molecule has 0 heterocycles. The fourth-order valence-electron chi connectivity index (χ4n) is 0.944. The molecule has 0 aromatic heterocycles. The predicted octanol–water partition coefficient (Wildman–Crippen LogP) is -4.27. The minimum atomic E-state index is -5.27. The summed E-state index contributed by atoms with van der Waals surface area (Å²) in [4.78, 5) is 10.4. The van der Waals surface area contributed by atoms with Gasteiger partial charge in [-0.05, 0) is 0 Å². The topological polar surface area (TPSA) is 188 Å². The van der Waals surface area contributed by atoms with Crippen molar-refractivity contribution in [1.29, 1.82) is 0 Å². The van der Waals surface area contributed by atoms with Gasteiger partial charge >= 0.3 is 10.4 Å². The summed E-state index contributed by atoms with van der Waals surface area (Å²) in [5.74, 6) is -3.31. The van der Waals surface area contributed by atoms with E-state index in [1.54, 1.807) is 0 Å². The number of aliphatic hydroxyl groups excluding tert-OH is 3. The molecule has 0 aliphatic carbocycles. The minimum Gasteiger partial charge on any atom is -0.394 e. The molecule has 0 fully saturated rings. The molecule has 0 aromatic rings. The van der Waals surface area contributed by atoms with E-state index >= 15 is 0 Å². The first-order chi connectivity index (χ1) is 7.58. The van der Waals surface area contributed by atoms with Gasteiger partial charge in [-0.25, -0.2) is 4.18 Å². The quantitative estimate of drug-likeness (QED) is 0.151. The molecule has 102 valence electrons. The van der Waals surface area contributed by atoms with Gasteiger partial charge in [0.2, 0.25) is 5.79 Å². The molecule has 0 aliphatic rings. The highest BCUT2D eigenvalue weighted by Gasteiger charge is 2.49. The van der Waals surface area contributed by atoms with Crippen molar-refractivity contribution in [1.82, 2.24) is 0 Å². The summed E-state index contributed by atoms with van der Waals surface area (Å²) in [7, 11) is -5.27. The van der Waals surface area contributed by atoms with Crippen LogP contribution >= 0.6 is 0 Å². The Kier molecular flexibility index (Phi) is 5.57. The molecule has 0 aromatic carbocycles. The summed E-state index contributed by atoms with van der Waals surface area (Å²) in [6.07, 6.45) is -4.68. The van der Waals surface area contributed by atoms with Crippen molar-refractivity contribution in [3.63, 3.8) is 0 Å². The molecule has 17 heavy (non-hydrogen) atoms. The molecular formula is C6H13NO9S. The van der Waals surface area contributed by atoms with E-state index in [1.165, 1.54) is 0 Å². The van der Waals surface area contributed by atoms with Crippen molar-refractivity contribution in [2.45, 2.75) is 24.0 Å². The molecule has 0 saturated carbocycles. The van der Waals surface area contributed by atoms with Crippen molar-refractivity contribution < 1.29 is 42.4 Å². The molecular weight excluding hydrogens is 262 g/mol. The Morgan fingerprint density at radius 1 is 1.41 bits per heavy atom. The monoisotopic (exact) mass is 275 g/mol. The molecule has 11 heteroatoms. The van der Waals surface area contributed by atoms with Crippen LogP contribution in [0.4, 0.5) is 0 Å². The first-order valence-electron chi connectivity index (χ1n) is 4.16. The van der Waals surface area contributed by atoms with Crippen LogP contribution in [0.5, 0.6) is 0 Å². The smallest absolute Gasteiger partial charge is 0.394 e. The Morgan fingerprint density at radius 3 is 2.18 bits per heavy atom. The molecule has 1 unspecified atom stereocenters. The number of carbonyl (C=O) groups excluding carboxylic acids is 1. The molecule has 7 N–H and O–H groups in total. The van der Waals surface area contributed by atoms with Gasteiger partial charge in [-0.15, -0.1) is 0 Å². The number of aldehydes is 1. The van der Waals surface area contributed by atoms with E-state index in [2.05, 4.69) is 4.18 Å². The van der Waals surface area contributed by atoms with Crippen molar-refractivity contribution in [2.24, 2.45) is 5.73 Å². The highest BCUT2D eigenvalue weighted by Crippen LogP contribution is 2.21. The molecule has 0 amide bonds. The third-order valence-corrected chi connectivity index (χ3v) is 2.32. The summed E-state index contributed by atoms with van der Waals surface area (Å²) in [6, 6.07) is -2.10. The van der Waals surface area contributed by atoms with Crippen molar-refractivity contribution in [3.8, 4) is 0 Å². The van der Waals surface area contributed by atoms with Gasteiger partial charge in [0.1, 0.15) is 24.5 Å². The number of hydrogen-bond donors (Lipinski definition) is 6. The number of aliphatic hydroxyl groups is 4. The molecule has 0 radical (unpaired) electrons.